The fourth-order valence-corrected chi connectivity index (χ4v) is 3.96. The number of aryl methyl sites for hydroxylation is 1. The second-order valence-electron chi connectivity index (χ2n) is 8.05. The summed E-state index contributed by atoms with van der Waals surface area (Å²) in [5, 5.41) is 7.12. The molecule has 1 amide bonds. The highest BCUT2D eigenvalue weighted by Crippen LogP contribution is 2.50. The summed E-state index contributed by atoms with van der Waals surface area (Å²) in [5.74, 6) is -3.30. The largest absolute Gasteiger partial charge is 0.490 e. The molecule has 1 heterocycles. The van der Waals surface area contributed by atoms with Crippen LogP contribution >= 0.6 is 0 Å². The third-order valence-corrected chi connectivity index (χ3v) is 5.86. The van der Waals surface area contributed by atoms with Crippen LogP contribution in [0, 0.1) is 18.2 Å². The Morgan fingerprint density at radius 1 is 1.17 bits per heavy atom. The summed E-state index contributed by atoms with van der Waals surface area (Å²) in [6, 6.07) is 5.52. The summed E-state index contributed by atoms with van der Waals surface area (Å²) in [4.78, 5) is 25.6. The Bertz CT molecular complexity index is 728. The molecular weight excluding hydrogens is 392 g/mol. The van der Waals surface area contributed by atoms with Gasteiger partial charge in [0.05, 0.1) is 5.56 Å². The molecule has 1 spiro atoms. The number of carbonyl (C=O) groups excluding carboxylic acids is 1. The smallest absolute Gasteiger partial charge is 0.475 e. The Morgan fingerprint density at radius 2 is 1.69 bits per heavy atom. The molecule has 0 atom stereocenters. The van der Waals surface area contributed by atoms with Gasteiger partial charge in [-0.1, -0.05) is 12.1 Å². The van der Waals surface area contributed by atoms with Gasteiger partial charge in [-0.3, -0.25) is 4.79 Å². The summed E-state index contributed by atoms with van der Waals surface area (Å²) in [6.07, 6.45) is -0.505. The van der Waals surface area contributed by atoms with Gasteiger partial charge in [0, 0.05) is 19.1 Å². The van der Waals surface area contributed by atoms with Crippen molar-refractivity contribution in [1.29, 1.82) is 0 Å². The second-order valence-corrected chi connectivity index (χ2v) is 8.05. The fraction of sp³-hybridized carbons (Fsp3) is 0.600. The number of amides is 1. The Balaban J connectivity index is 0.000000370. The van der Waals surface area contributed by atoms with E-state index in [1.54, 1.807) is 19.1 Å². The predicted octanol–water partition coefficient (Wildman–Crippen LogP) is 3.71. The van der Waals surface area contributed by atoms with Gasteiger partial charge >= 0.3 is 12.1 Å². The zero-order chi connectivity index (χ0) is 22.0. The molecule has 0 unspecified atom stereocenters. The van der Waals surface area contributed by atoms with Crippen molar-refractivity contribution in [3.63, 3.8) is 0 Å². The van der Waals surface area contributed by atoms with Crippen LogP contribution in [-0.4, -0.2) is 66.2 Å². The van der Waals surface area contributed by atoms with Crippen LogP contribution in [0.4, 0.5) is 17.6 Å². The van der Waals surface area contributed by atoms with E-state index in [0.717, 1.165) is 31.5 Å². The number of halogens is 4. The molecular formula is C20H26F4N2O3. The number of piperidine rings is 1. The molecule has 9 heteroatoms. The number of rotatable bonds is 2. The third-order valence-electron chi connectivity index (χ3n) is 5.86. The summed E-state index contributed by atoms with van der Waals surface area (Å²) in [5.41, 5.74) is 1.40. The van der Waals surface area contributed by atoms with Gasteiger partial charge in [0.2, 0.25) is 0 Å². The highest BCUT2D eigenvalue weighted by Gasteiger charge is 2.47. The molecule has 2 aliphatic rings. The average Bonchev–Trinajstić information content (AvgIpc) is 2.59. The lowest BCUT2D eigenvalue weighted by atomic mass is 9.60. The lowest BCUT2D eigenvalue weighted by Crippen LogP contribution is -2.54. The molecule has 1 aromatic carbocycles. The minimum Gasteiger partial charge on any atom is -0.475 e. The zero-order valence-electron chi connectivity index (χ0n) is 16.7. The van der Waals surface area contributed by atoms with Crippen molar-refractivity contribution in [3.05, 3.63) is 35.1 Å². The van der Waals surface area contributed by atoms with Crippen molar-refractivity contribution < 1.29 is 32.3 Å². The van der Waals surface area contributed by atoms with Crippen molar-refractivity contribution in [1.82, 2.24) is 9.80 Å². The lowest BCUT2D eigenvalue weighted by Gasteiger charge is -2.54. The first-order valence-electron chi connectivity index (χ1n) is 9.37. The summed E-state index contributed by atoms with van der Waals surface area (Å²) in [6.45, 7) is 3.31. The van der Waals surface area contributed by atoms with Crippen LogP contribution in [-0.2, 0) is 4.79 Å². The van der Waals surface area contributed by atoms with Crippen LogP contribution in [0.25, 0.3) is 0 Å². The van der Waals surface area contributed by atoms with E-state index in [9.17, 15) is 22.4 Å². The molecule has 1 aliphatic carbocycles. The van der Waals surface area contributed by atoms with Gasteiger partial charge in [-0.2, -0.15) is 13.2 Å². The molecule has 29 heavy (non-hydrogen) atoms. The number of nitrogens with zero attached hydrogens (tertiary/aromatic N) is 2. The summed E-state index contributed by atoms with van der Waals surface area (Å²) < 4.78 is 45.7. The van der Waals surface area contributed by atoms with Crippen molar-refractivity contribution in [2.75, 3.05) is 27.2 Å². The topological polar surface area (TPSA) is 60.9 Å². The SMILES string of the molecule is Cc1cccc(F)c1C(=O)N1CCC2(CC1)CC(N(C)C)C2.O=C(O)C(F)(F)F. The maximum atomic E-state index is 14.0. The predicted molar refractivity (Wildman–Crippen MR) is 99.1 cm³/mol. The maximum absolute atomic E-state index is 14.0. The molecule has 1 aromatic rings. The Kier molecular flexibility index (Phi) is 6.93. The number of hydrogen-bond donors (Lipinski definition) is 1. The number of carbonyl (C=O) groups is 2. The maximum Gasteiger partial charge on any atom is 0.490 e. The molecule has 1 N–H and O–H groups in total. The average molecular weight is 418 g/mol. The van der Waals surface area contributed by atoms with E-state index >= 15 is 0 Å². The molecule has 0 radical (unpaired) electrons. The normalized spacial score (nSPS) is 18.8. The van der Waals surface area contributed by atoms with Crippen molar-refractivity contribution >= 4 is 11.9 Å². The van der Waals surface area contributed by atoms with Crippen LogP contribution < -0.4 is 0 Å². The first-order chi connectivity index (χ1) is 13.4. The van der Waals surface area contributed by atoms with Crippen LogP contribution in [0.2, 0.25) is 0 Å². The number of carboxylic acid groups (broad SMARTS) is 1. The number of aliphatic carboxylic acids is 1. The van der Waals surface area contributed by atoms with E-state index in [1.807, 2.05) is 4.90 Å². The van der Waals surface area contributed by atoms with E-state index in [1.165, 1.54) is 18.9 Å². The first-order valence-corrected chi connectivity index (χ1v) is 9.37. The molecule has 3 rings (SSSR count). The first kappa shape index (κ1) is 23.1. The van der Waals surface area contributed by atoms with Crippen LogP contribution in [0.5, 0.6) is 0 Å². The molecule has 2 fully saturated rings. The van der Waals surface area contributed by atoms with Gasteiger partial charge in [-0.25, -0.2) is 9.18 Å². The molecule has 1 saturated heterocycles. The van der Waals surface area contributed by atoms with E-state index in [4.69, 9.17) is 9.90 Å². The third kappa shape index (κ3) is 5.46. The van der Waals surface area contributed by atoms with Crippen molar-refractivity contribution in [2.24, 2.45) is 5.41 Å². The Hall–Kier alpha value is -2.16. The van der Waals surface area contributed by atoms with Gasteiger partial charge in [-0.15, -0.1) is 0 Å². The van der Waals surface area contributed by atoms with E-state index in [2.05, 4.69) is 19.0 Å². The monoisotopic (exact) mass is 418 g/mol. The Morgan fingerprint density at radius 3 is 2.10 bits per heavy atom. The van der Waals surface area contributed by atoms with Crippen molar-refractivity contribution in [2.45, 2.75) is 44.8 Å². The molecule has 0 bridgehead atoms. The minimum absolute atomic E-state index is 0.145. The second kappa shape index (κ2) is 8.69. The standard InChI is InChI=1S/C18H25FN2O.C2HF3O2/c1-13-5-4-6-15(19)16(13)17(22)21-9-7-18(8-10-21)11-14(12-18)20(2)3;3-2(4,5)1(6)7/h4-6,14H,7-12H2,1-3H3;(H,6,7). The van der Waals surface area contributed by atoms with Crippen molar-refractivity contribution in [3.8, 4) is 0 Å². The molecule has 0 aromatic heterocycles. The van der Waals surface area contributed by atoms with Gasteiger partial charge in [0.1, 0.15) is 5.82 Å². The van der Waals surface area contributed by atoms with Gasteiger partial charge < -0.3 is 14.9 Å². The van der Waals surface area contributed by atoms with E-state index < -0.39 is 18.0 Å². The van der Waals surface area contributed by atoms with Crippen LogP contribution in [0.15, 0.2) is 18.2 Å². The number of likely N-dealkylation sites (tertiary alicyclic amines) is 1. The van der Waals surface area contributed by atoms with Crippen LogP contribution in [0.1, 0.15) is 41.6 Å². The molecule has 1 saturated carbocycles. The highest BCUT2D eigenvalue weighted by molar-refractivity contribution is 5.96. The van der Waals surface area contributed by atoms with E-state index in [-0.39, 0.29) is 11.5 Å². The fourth-order valence-electron chi connectivity index (χ4n) is 3.96. The van der Waals surface area contributed by atoms with Crippen LogP contribution in [0.3, 0.4) is 0 Å². The minimum atomic E-state index is -5.08. The highest BCUT2D eigenvalue weighted by atomic mass is 19.4. The number of benzene rings is 1. The summed E-state index contributed by atoms with van der Waals surface area (Å²) >= 11 is 0. The summed E-state index contributed by atoms with van der Waals surface area (Å²) in [7, 11) is 4.27. The van der Waals surface area contributed by atoms with E-state index in [0.29, 0.717) is 11.5 Å². The van der Waals surface area contributed by atoms with Gasteiger partial charge in [0.15, 0.2) is 0 Å². The number of hydrogen-bond acceptors (Lipinski definition) is 3. The zero-order valence-corrected chi connectivity index (χ0v) is 16.7. The Labute approximate surface area is 167 Å². The quantitative estimate of drug-likeness (QED) is 0.744. The van der Waals surface area contributed by atoms with Gasteiger partial charge in [-0.05, 0) is 63.7 Å². The number of alkyl halides is 3. The lowest BCUT2D eigenvalue weighted by molar-refractivity contribution is -0.192. The molecule has 1 aliphatic heterocycles. The molecule has 5 nitrogen and oxygen atoms in total. The number of carboxylic acids is 1. The van der Waals surface area contributed by atoms with Gasteiger partial charge in [0.25, 0.3) is 5.91 Å². The molecule has 162 valence electrons.